The molecule has 20 heavy (non-hydrogen) atoms. The Morgan fingerprint density at radius 2 is 1.90 bits per heavy atom. The summed E-state index contributed by atoms with van der Waals surface area (Å²) in [5.41, 5.74) is 8.44. The maximum Gasteiger partial charge on any atom is 0.251 e. The first-order valence-electron chi connectivity index (χ1n) is 6.83. The first-order valence-corrected chi connectivity index (χ1v) is 6.83. The molecule has 104 valence electrons. The molecule has 0 aliphatic heterocycles. The minimum Gasteiger partial charge on any atom is -0.351 e. The minimum absolute atomic E-state index is 0.0527. The topological polar surface area (TPSA) is 55.1 Å². The zero-order valence-corrected chi connectivity index (χ0v) is 11.7. The van der Waals surface area contributed by atoms with E-state index in [1.54, 1.807) is 0 Å². The zero-order chi connectivity index (χ0) is 14.4. The van der Waals surface area contributed by atoms with E-state index in [1.807, 2.05) is 42.5 Å². The molecule has 2 aromatic rings. The highest BCUT2D eigenvalue weighted by Crippen LogP contribution is 2.13. The fraction of sp³-hybridized carbons (Fsp3) is 0.235. The van der Waals surface area contributed by atoms with Crippen LogP contribution in [0, 0.1) is 0 Å². The van der Waals surface area contributed by atoms with Gasteiger partial charge in [-0.25, -0.2) is 0 Å². The number of carbonyl (C=O) groups excluding carboxylic acids is 1. The number of hydrogen-bond acceptors (Lipinski definition) is 2. The quantitative estimate of drug-likeness (QED) is 0.876. The average molecular weight is 268 g/mol. The van der Waals surface area contributed by atoms with Gasteiger partial charge in [-0.05, 0) is 29.2 Å². The van der Waals surface area contributed by atoms with Crippen molar-refractivity contribution < 1.29 is 4.79 Å². The Morgan fingerprint density at radius 3 is 2.60 bits per heavy atom. The summed E-state index contributed by atoms with van der Waals surface area (Å²) >= 11 is 0. The molecule has 0 aromatic heterocycles. The lowest BCUT2D eigenvalue weighted by Crippen LogP contribution is -2.27. The van der Waals surface area contributed by atoms with Gasteiger partial charge in [0.2, 0.25) is 0 Å². The molecule has 3 heteroatoms. The minimum atomic E-state index is -0.0527. The van der Waals surface area contributed by atoms with Gasteiger partial charge in [0.05, 0.1) is 0 Å². The van der Waals surface area contributed by atoms with Crippen molar-refractivity contribution in [2.24, 2.45) is 5.73 Å². The average Bonchev–Trinajstić information content (AvgIpc) is 2.53. The maximum atomic E-state index is 12.1. The summed E-state index contributed by atoms with van der Waals surface area (Å²) < 4.78 is 0. The molecule has 0 aliphatic carbocycles. The Hall–Kier alpha value is -2.13. The molecule has 0 saturated carbocycles. The fourth-order valence-corrected chi connectivity index (χ4v) is 2.09. The Morgan fingerprint density at radius 1 is 1.15 bits per heavy atom. The highest BCUT2D eigenvalue weighted by Gasteiger charge is 2.09. The number of hydrogen-bond donors (Lipinski definition) is 2. The molecule has 1 atom stereocenters. The van der Waals surface area contributed by atoms with Gasteiger partial charge in [0.15, 0.2) is 0 Å². The van der Waals surface area contributed by atoms with E-state index >= 15 is 0 Å². The summed E-state index contributed by atoms with van der Waals surface area (Å²) in [5, 5.41) is 2.97. The number of benzene rings is 2. The summed E-state index contributed by atoms with van der Waals surface area (Å²) in [6.07, 6.45) is 0. The SMILES string of the molecule is CC(CNC(=O)c1cccc(CN)c1)c1ccccc1. The van der Waals surface area contributed by atoms with Gasteiger partial charge in [0, 0.05) is 18.7 Å². The number of rotatable bonds is 5. The van der Waals surface area contributed by atoms with Gasteiger partial charge in [-0.3, -0.25) is 4.79 Å². The van der Waals surface area contributed by atoms with Crippen LogP contribution in [-0.2, 0) is 6.54 Å². The van der Waals surface area contributed by atoms with Crippen LogP contribution >= 0.6 is 0 Å². The Bertz CT molecular complexity index is 566. The van der Waals surface area contributed by atoms with Crippen molar-refractivity contribution in [3.63, 3.8) is 0 Å². The molecular formula is C17H20N2O. The normalized spacial score (nSPS) is 11.9. The van der Waals surface area contributed by atoms with E-state index in [0.717, 1.165) is 5.56 Å². The molecule has 0 fully saturated rings. The summed E-state index contributed by atoms with van der Waals surface area (Å²) in [5.74, 6) is 0.237. The van der Waals surface area contributed by atoms with Gasteiger partial charge in [-0.2, -0.15) is 0 Å². The predicted molar refractivity (Wildman–Crippen MR) is 81.5 cm³/mol. The summed E-state index contributed by atoms with van der Waals surface area (Å²) in [7, 11) is 0. The van der Waals surface area contributed by atoms with E-state index in [-0.39, 0.29) is 11.8 Å². The number of nitrogens with one attached hydrogen (secondary N) is 1. The van der Waals surface area contributed by atoms with Gasteiger partial charge in [-0.15, -0.1) is 0 Å². The van der Waals surface area contributed by atoms with Crippen LogP contribution < -0.4 is 11.1 Å². The molecule has 3 N–H and O–H groups in total. The lowest BCUT2D eigenvalue weighted by Gasteiger charge is -2.13. The lowest BCUT2D eigenvalue weighted by molar-refractivity contribution is 0.0951. The smallest absolute Gasteiger partial charge is 0.251 e. The van der Waals surface area contributed by atoms with Crippen LogP contribution in [0.2, 0.25) is 0 Å². The lowest BCUT2D eigenvalue weighted by atomic mass is 10.0. The molecule has 0 saturated heterocycles. The summed E-state index contributed by atoms with van der Waals surface area (Å²) in [6.45, 7) is 3.17. The molecule has 0 spiro atoms. The van der Waals surface area contributed by atoms with Crippen molar-refractivity contribution in [3.05, 3.63) is 71.3 Å². The summed E-state index contributed by atoms with van der Waals surface area (Å²) in [6, 6.07) is 17.6. The predicted octanol–water partition coefficient (Wildman–Crippen LogP) is 2.68. The van der Waals surface area contributed by atoms with Gasteiger partial charge in [0.1, 0.15) is 0 Å². The molecule has 2 aromatic carbocycles. The van der Waals surface area contributed by atoms with Gasteiger partial charge in [0.25, 0.3) is 5.91 Å². The van der Waals surface area contributed by atoms with Gasteiger partial charge < -0.3 is 11.1 Å². The molecule has 1 unspecified atom stereocenters. The third-order valence-corrected chi connectivity index (χ3v) is 3.36. The van der Waals surface area contributed by atoms with Crippen LogP contribution in [0.5, 0.6) is 0 Å². The molecule has 0 bridgehead atoms. The van der Waals surface area contributed by atoms with Crippen molar-refractivity contribution in [3.8, 4) is 0 Å². The van der Waals surface area contributed by atoms with E-state index in [2.05, 4.69) is 24.4 Å². The van der Waals surface area contributed by atoms with Crippen LogP contribution in [0.4, 0.5) is 0 Å². The van der Waals surface area contributed by atoms with Crippen molar-refractivity contribution >= 4 is 5.91 Å². The molecule has 0 radical (unpaired) electrons. The maximum absolute atomic E-state index is 12.1. The summed E-state index contributed by atoms with van der Waals surface area (Å²) in [4.78, 5) is 12.1. The molecule has 3 nitrogen and oxygen atoms in total. The number of amides is 1. The number of nitrogens with two attached hydrogens (primary N) is 1. The fourth-order valence-electron chi connectivity index (χ4n) is 2.09. The third kappa shape index (κ3) is 3.68. The zero-order valence-electron chi connectivity index (χ0n) is 11.7. The second kappa shape index (κ2) is 6.87. The van der Waals surface area contributed by atoms with E-state index in [0.29, 0.717) is 18.7 Å². The van der Waals surface area contributed by atoms with Crippen molar-refractivity contribution in [2.45, 2.75) is 19.4 Å². The van der Waals surface area contributed by atoms with Crippen LogP contribution in [0.15, 0.2) is 54.6 Å². The Labute approximate surface area is 119 Å². The first kappa shape index (κ1) is 14.3. The molecule has 0 aliphatic rings. The molecule has 0 heterocycles. The van der Waals surface area contributed by atoms with Crippen molar-refractivity contribution in [1.82, 2.24) is 5.32 Å². The number of carbonyl (C=O) groups is 1. The molecule has 1 amide bonds. The highest BCUT2D eigenvalue weighted by molar-refractivity contribution is 5.94. The Kier molecular flexibility index (Phi) is 4.91. The Balaban J connectivity index is 1.95. The van der Waals surface area contributed by atoms with Crippen LogP contribution in [0.3, 0.4) is 0 Å². The van der Waals surface area contributed by atoms with Gasteiger partial charge >= 0.3 is 0 Å². The standard InChI is InChI=1S/C17H20N2O/c1-13(15-7-3-2-4-8-15)12-19-17(20)16-9-5-6-14(10-16)11-18/h2-10,13H,11-12,18H2,1H3,(H,19,20). The van der Waals surface area contributed by atoms with Crippen LogP contribution in [0.1, 0.15) is 34.3 Å². The van der Waals surface area contributed by atoms with E-state index in [1.165, 1.54) is 5.56 Å². The first-order chi connectivity index (χ1) is 9.70. The molecular weight excluding hydrogens is 248 g/mol. The second-order valence-corrected chi connectivity index (χ2v) is 4.93. The molecule has 2 rings (SSSR count). The third-order valence-electron chi connectivity index (χ3n) is 3.36. The van der Waals surface area contributed by atoms with Crippen LogP contribution in [-0.4, -0.2) is 12.5 Å². The largest absolute Gasteiger partial charge is 0.351 e. The highest BCUT2D eigenvalue weighted by atomic mass is 16.1. The van der Waals surface area contributed by atoms with E-state index in [4.69, 9.17) is 5.73 Å². The van der Waals surface area contributed by atoms with E-state index in [9.17, 15) is 4.79 Å². The van der Waals surface area contributed by atoms with Crippen LogP contribution in [0.25, 0.3) is 0 Å². The van der Waals surface area contributed by atoms with Gasteiger partial charge in [-0.1, -0.05) is 49.4 Å². The monoisotopic (exact) mass is 268 g/mol. The van der Waals surface area contributed by atoms with E-state index < -0.39 is 0 Å². The van der Waals surface area contributed by atoms with Crippen molar-refractivity contribution in [1.29, 1.82) is 0 Å². The van der Waals surface area contributed by atoms with Crippen molar-refractivity contribution in [2.75, 3.05) is 6.54 Å². The second-order valence-electron chi connectivity index (χ2n) is 4.93.